The van der Waals surface area contributed by atoms with E-state index in [9.17, 15) is 9.59 Å². The summed E-state index contributed by atoms with van der Waals surface area (Å²) >= 11 is 0. The molecular weight excluding hydrogens is 330 g/mol. The highest BCUT2D eigenvalue weighted by Gasteiger charge is 2.47. The number of fused-ring (bicyclic) bond motifs is 1. The van der Waals surface area contributed by atoms with Crippen molar-refractivity contribution in [1.82, 2.24) is 4.90 Å². The summed E-state index contributed by atoms with van der Waals surface area (Å²) in [5.41, 5.74) is 1.17. The highest BCUT2D eigenvalue weighted by molar-refractivity contribution is 5.84. The van der Waals surface area contributed by atoms with Crippen LogP contribution in [0.3, 0.4) is 0 Å². The van der Waals surface area contributed by atoms with Crippen LogP contribution in [0, 0.1) is 0 Å². The maximum absolute atomic E-state index is 12.2. The van der Waals surface area contributed by atoms with Gasteiger partial charge in [-0.2, -0.15) is 0 Å². The zero-order valence-corrected chi connectivity index (χ0v) is 15.6. The van der Waals surface area contributed by atoms with Crippen molar-refractivity contribution < 1.29 is 19.1 Å². The Morgan fingerprint density at radius 3 is 2.73 bits per heavy atom. The topological polar surface area (TPSA) is 55.8 Å². The molecule has 3 rings (SSSR count). The van der Waals surface area contributed by atoms with E-state index in [0.29, 0.717) is 26.0 Å². The summed E-state index contributed by atoms with van der Waals surface area (Å²) in [6, 6.07) is 10.1. The lowest BCUT2D eigenvalue weighted by Gasteiger charge is -2.25. The molecule has 0 saturated carbocycles. The average molecular weight is 359 g/mol. The van der Waals surface area contributed by atoms with E-state index in [2.05, 4.69) is 19.1 Å². The Kier molecular flexibility index (Phi) is 6.67. The van der Waals surface area contributed by atoms with E-state index in [4.69, 9.17) is 9.47 Å². The van der Waals surface area contributed by atoms with Gasteiger partial charge in [0.2, 0.25) is 5.91 Å². The van der Waals surface area contributed by atoms with Gasteiger partial charge in [-0.15, -0.1) is 0 Å². The molecule has 2 fully saturated rings. The van der Waals surface area contributed by atoms with Crippen LogP contribution < -0.4 is 0 Å². The summed E-state index contributed by atoms with van der Waals surface area (Å²) in [7, 11) is 0. The molecule has 3 unspecified atom stereocenters. The van der Waals surface area contributed by atoms with E-state index < -0.39 is 0 Å². The molecule has 1 amide bonds. The van der Waals surface area contributed by atoms with Crippen LogP contribution in [0.25, 0.3) is 0 Å². The molecule has 5 heteroatoms. The van der Waals surface area contributed by atoms with Crippen molar-refractivity contribution >= 4 is 11.9 Å². The van der Waals surface area contributed by atoms with E-state index >= 15 is 0 Å². The zero-order valence-electron chi connectivity index (χ0n) is 15.6. The first-order valence-corrected chi connectivity index (χ1v) is 9.82. The van der Waals surface area contributed by atoms with Crippen LogP contribution in [0.1, 0.15) is 57.4 Å². The minimum absolute atomic E-state index is 0.0691. The number of carbonyl (C=O) groups excluding carboxylic acids is 2. The monoisotopic (exact) mass is 359 g/mol. The average Bonchev–Trinajstić information content (AvgIpc) is 3.13. The molecule has 2 heterocycles. The Morgan fingerprint density at radius 2 is 1.96 bits per heavy atom. The molecule has 0 aromatic heterocycles. The molecule has 2 aliphatic heterocycles. The molecule has 2 saturated heterocycles. The van der Waals surface area contributed by atoms with E-state index in [1.807, 2.05) is 23.1 Å². The van der Waals surface area contributed by atoms with Gasteiger partial charge in [-0.3, -0.25) is 9.59 Å². The van der Waals surface area contributed by atoms with Crippen LogP contribution in [0.15, 0.2) is 30.3 Å². The molecule has 2 aliphatic rings. The van der Waals surface area contributed by atoms with Crippen molar-refractivity contribution in [3.05, 3.63) is 35.9 Å². The maximum Gasteiger partial charge on any atom is 0.308 e. The van der Waals surface area contributed by atoms with Crippen LogP contribution in [0.2, 0.25) is 0 Å². The highest BCUT2D eigenvalue weighted by Crippen LogP contribution is 2.31. The van der Waals surface area contributed by atoms with E-state index in [1.54, 1.807) is 0 Å². The van der Waals surface area contributed by atoms with Crippen molar-refractivity contribution in [3.8, 4) is 0 Å². The Hall–Kier alpha value is -1.88. The number of hydrogen-bond donors (Lipinski definition) is 0. The van der Waals surface area contributed by atoms with E-state index in [1.165, 1.54) is 18.4 Å². The molecule has 5 nitrogen and oxygen atoms in total. The fraction of sp³-hybridized carbons (Fsp3) is 0.619. The number of esters is 1. The molecule has 0 N–H and O–H groups in total. The van der Waals surface area contributed by atoms with Gasteiger partial charge in [0.15, 0.2) is 0 Å². The molecule has 0 radical (unpaired) electrons. The number of likely N-dealkylation sites (tertiary alicyclic amines) is 1. The number of hydrogen-bond acceptors (Lipinski definition) is 4. The molecule has 0 aliphatic carbocycles. The van der Waals surface area contributed by atoms with Crippen LogP contribution in [-0.4, -0.2) is 41.6 Å². The maximum atomic E-state index is 12.2. The first-order valence-electron chi connectivity index (χ1n) is 9.82. The van der Waals surface area contributed by atoms with Gasteiger partial charge in [-0.05, 0) is 18.4 Å². The number of nitrogens with zero attached hydrogens (tertiary/aromatic N) is 1. The minimum Gasteiger partial charge on any atom is -0.460 e. The normalized spacial score (nSPS) is 23.2. The number of rotatable bonds is 10. The Labute approximate surface area is 155 Å². The number of benzene rings is 1. The third-order valence-corrected chi connectivity index (χ3v) is 5.33. The first kappa shape index (κ1) is 18.9. The van der Waals surface area contributed by atoms with Gasteiger partial charge in [0.05, 0.1) is 31.6 Å². The summed E-state index contributed by atoms with van der Waals surface area (Å²) in [6.45, 7) is 3.43. The number of amides is 1. The second kappa shape index (κ2) is 9.17. The van der Waals surface area contributed by atoms with E-state index in [0.717, 1.165) is 19.3 Å². The number of unbranched alkanes of at least 4 members (excludes halogenated alkanes) is 2. The summed E-state index contributed by atoms with van der Waals surface area (Å²) in [6.07, 6.45) is 5.89. The van der Waals surface area contributed by atoms with Crippen molar-refractivity contribution in [1.29, 1.82) is 0 Å². The van der Waals surface area contributed by atoms with Crippen LogP contribution in [0.4, 0.5) is 0 Å². The van der Waals surface area contributed by atoms with Crippen LogP contribution in [-0.2, 0) is 25.7 Å². The predicted molar refractivity (Wildman–Crippen MR) is 98.4 cm³/mol. The molecule has 1 aromatic carbocycles. The second-order valence-corrected chi connectivity index (χ2v) is 7.29. The van der Waals surface area contributed by atoms with Crippen LogP contribution >= 0.6 is 0 Å². The van der Waals surface area contributed by atoms with Crippen LogP contribution in [0.5, 0.6) is 0 Å². The smallest absolute Gasteiger partial charge is 0.308 e. The molecule has 0 bridgehead atoms. The molecule has 26 heavy (non-hydrogen) atoms. The quantitative estimate of drug-likeness (QED) is 0.474. The van der Waals surface area contributed by atoms with Crippen molar-refractivity contribution in [2.24, 2.45) is 0 Å². The van der Waals surface area contributed by atoms with Gasteiger partial charge in [0.25, 0.3) is 0 Å². The predicted octanol–water partition coefficient (Wildman–Crippen LogP) is 3.46. The van der Waals surface area contributed by atoms with Crippen molar-refractivity contribution in [3.63, 3.8) is 0 Å². The van der Waals surface area contributed by atoms with Gasteiger partial charge in [0.1, 0.15) is 6.10 Å². The fourth-order valence-electron chi connectivity index (χ4n) is 3.86. The first-order chi connectivity index (χ1) is 12.7. The zero-order chi connectivity index (χ0) is 18.4. The van der Waals surface area contributed by atoms with Gasteiger partial charge in [-0.1, -0.05) is 56.5 Å². The summed E-state index contributed by atoms with van der Waals surface area (Å²) in [4.78, 5) is 25.6. The summed E-state index contributed by atoms with van der Waals surface area (Å²) in [5.74, 6) is -0.0832. The Balaban J connectivity index is 1.52. The van der Waals surface area contributed by atoms with Gasteiger partial charge < -0.3 is 14.4 Å². The lowest BCUT2D eigenvalue weighted by Crippen LogP contribution is -2.37. The minimum atomic E-state index is -0.237. The molecular formula is C21H29NO4. The van der Waals surface area contributed by atoms with Crippen molar-refractivity contribution in [2.75, 3.05) is 6.54 Å². The second-order valence-electron chi connectivity index (χ2n) is 7.29. The van der Waals surface area contributed by atoms with Crippen molar-refractivity contribution in [2.45, 2.75) is 76.7 Å². The van der Waals surface area contributed by atoms with Gasteiger partial charge in [-0.25, -0.2) is 0 Å². The lowest BCUT2D eigenvalue weighted by molar-refractivity contribution is -0.142. The molecule has 142 valence electrons. The van der Waals surface area contributed by atoms with Gasteiger partial charge >= 0.3 is 5.97 Å². The Bertz CT molecular complexity index is 603. The molecule has 0 spiro atoms. The largest absolute Gasteiger partial charge is 0.460 e. The van der Waals surface area contributed by atoms with E-state index in [-0.39, 0.29) is 30.1 Å². The fourth-order valence-corrected chi connectivity index (χ4v) is 3.86. The molecule has 1 aromatic rings. The standard InChI is InChI=1S/C21H29NO4/c1-2-3-5-10-17(25-15-16-8-6-4-7-9-16)11-12-22-18-13-21(24)26-19(18)14-20(22)23/h4,6-9,17-19H,2-3,5,10-15H2,1H3. The summed E-state index contributed by atoms with van der Waals surface area (Å²) < 4.78 is 11.4. The number of carbonyl (C=O) groups is 2. The lowest BCUT2D eigenvalue weighted by atomic mass is 10.1. The number of ether oxygens (including phenoxy) is 2. The highest BCUT2D eigenvalue weighted by atomic mass is 16.6. The third-order valence-electron chi connectivity index (χ3n) is 5.33. The SMILES string of the molecule is CCCCCC(CCN1C(=O)CC2OC(=O)CC21)OCc1ccccc1. The Morgan fingerprint density at radius 1 is 1.15 bits per heavy atom. The molecule has 3 atom stereocenters. The van der Waals surface area contributed by atoms with Gasteiger partial charge in [0, 0.05) is 6.54 Å². The third kappa shape index (κ3) is 4.85. The summed E-state index contributed by atoms with van der Waals surface area (Å²) in [5, 5.41) is 0.